The van der Waals surface area contributed by atoms with Gasteiger partial charge in [0.1, 0.15) is 5.75 Å². The average molecular weight is 499 g/mol. The number of piperidine rings is 1. The van der Waals surface area contributed by atoms with E-state index in [2.05, 4.69) is 24.3 Å². The Balaban J connectivity index is 1.27. The van der Waals surface area contributed by atoms with E-state index >= 15 is 0 Å². The molecule has 0 bridgehead atoms. The van der Waals surface area contributed by atoms with Crippen LogP contribution >= 0.6 is 11.8 Å². The summed E-state index contributed by atoms with van der Waals surface area (Å²) < 4.78 is 5.30. The molecule has 0 radical (unpaired) electrons. The summed E-state index contributed by atoms with van der Waals surface area (Å²) in [5.41, 5.74) is 3.68. The Labute approximate surface area is 216 Å². The second-order valence-corrected chi connectivity index (χ2v) is 10.4. The first-order valence-corrected chi connectivity index (χ1v) is 13.1. The highest BCUT2D eigenvalue weighted by Crippen LogP contribution is 2.42. The van der Waals surface area contributed by atoms with Gasteiger partial charge in [-0.15, -0.1) is 0 Å². The second-order valence-electron chi connectivity index (χ2n) is 9.36. The number of benzene rings is 3. The van der Waals surface area contributed by atoms with Crippen LogP contribution in [0.3, 0.4) is 0 Å². The summed E-state index contributed by atoms with van der Waals surface area (Å²) in [6.07, 6.45) is 4.97. The van der Waals surface area contributed by atoms with E-state index in [1.165, 1.54) is 17.3 Å². The molecule has 0 spiro atoms. The zero-order chi connectivity index (χ0) is 25.1. The predicted molar refractivity (Wildman–Crippen MR) is 145 cm³/mol. The van der Waals surface area contributed by atoms with Gasteiger partial charge in [-0.2, -0.15) is 0 Å². The van der Waals surface area contributed by atoms with E-state index < -0.39 is 0 Å². The number of hydrogen-bond donors (Lipinski definition) is 0. The van der Waals surface area contributed by atoms with Crippen molar-refractivity contribution in [2.24, 2.45) is 5.92 Å². The van der Waals surface area contributed by atoms with Crippen LogP contribution in [0.15, 0.2) is 82.6 Å². The zero-order valence-corrected chi connectivity index (χ0v) is 21.5. The van der Waals surface area contributed by atoms with Gasteiger partial charge in [0.05, 0.1) is 17.7 Å². The number of hydrogen-bond acceptors (Lipinski definition) is 4. The van der Waals surface area contributed by atoms with Crippen molar-refractivity contribution in [3.05, 3.63) is 94.4 Å². The third kappa shape index (κ3) is 5.19. The highest BCUT2D eigenvalue weighted by molar-refractivity contribution is 8.04. The third-order valence-electron chi connectivity index (χ3n) is 6.96. The molecule has 0 saturated carbocycles. The minimum Gasteiger partial charge on any atom is -0.497 e. The van der Waals surface area contributed by atoms with Crippen LogP contribution < -0.4 is 9.64 Å². The molecule has 2 aliphatic heterocycles. The SMILES string of the molecule is COc1cccc(/C=C2\Sc3ccc(C(=O)N4CCC(Cc5ccccc5)CC4)cc3N(C)C2=O)c1. The molecule has 1 fully saturated rings. The number of likely N-dealkylation sites (tertiary alicyclic amines) is 1. The van der Waals surface area contributed by atoms with E-state index in [0.29, 0.717) is 16.4 Å². The van der Waals surface area contributed by atoms with Crippen LogP contribution in [0.1, 0.15) is 34.3 Å². The normalized spacial score (nSPS) is 17.3. The number of amides is 2. The fraction of sp³-hybridized carbons (Fsp3) is 0.267. The molecule has 2 heterocycles. The summed E-state index contributed by atoms with van der Waals surface area (Å²) in [5.74, 6) is 1.31. The van der Waals surface area contributed by atoms with Gasteiger partial charge in [-0.3, -0.25) is 9.59 Å². The number of nitrogens with zero attached hydrogens (tertiary/aromatic N) is 2. The van der Waals surface area contributed by atoms with Crippen molar-refractivity contribution in [2.75, 3.05) is 32.1 Å². The summed E-state index contributed by atoms with van der Waals surface area (Å²) in [4.78, 5) is 31.6. The Morgan fingerprint density at radius 2 is 1.81 bits per heavy atom. The molecule has 5 rings (SSSR count). The minimum atomic E-state index is -0.0818. The number of rotatable bonds is 5. The van der Waals surface area contributed by atoms with Crippen molar-refractivity contribution < 1.29 is 14.3 Å². The lowest BCUT2D eigenvalue weighted by Gasteiger charge is -2.33. The van der Waals surface area contributed by atoms with E-state index in [-0.39, 0.29) is 11.8 Å². The Hall–Kier alpha value is -3.51. The molecule has 6 heteroatoms. The van der Waals surface area contributed by atoms with Gasteiger partial charge in [0.2, 0.25) is 0 Å². The molecule has 36 heavy (non-hydrogen) atoms. The first kappa shape index (κ1) is 24.2. The van der Waals surface area contributed by atoms with Crippen molar-refractivity contribution in [2.45, 2.75) is 24.2 Å². The summed E-state index contributed by atoms with van der Waals surface area (Å²) in [7, 11) is 3.40. The molecule has 2 aliphatic rings. The molecule has 0 aliphatic carbocycles. The summed E-state index contributed by atoms with van der Waals surface area (Å²) in [6.45, 7) is 1.54. The highest BCUT2D eigenvalue weighted by Gasteiger charge is 2.29. The maximum Gasteiger partial charge on any atom is 0.264 e. The smallest absolute Gasteiger partial charge is 0.264 e. The van der Waals surface area contributed by atoms with Gasteiger partial charge in [-0.25, -0.2) is 0 Å². The Morgan fingerprint density at radius 1 is 1.03 bits per heavy atom. The Bertz CT molecular complexity index is 1300. The van der Waals surface area contributed by atoms with Crippen molar-refractivity contribution in [3.63, 3.8) is 0 Å². The number of methoxy groups -OCH3 is 1. The molecule has 0 N–H and O–H groups in total. The lowest BCUT2D eigenvalue weighted by Crippen LogP contribution is -2.39. The largest absolute Gasteiger partial charge is 0.497 e. The van der Waals surface area contributed by atoms with Crippen molar-refractivity contribution in [1.29, 1.82) is 0 Å². The first-order chi connectivity index (χ1) is 17.5. The van der Waals surface area contributed by atoms with Crippen LogP contribution in [-0.2, 0) is 11.2 Å². The molecular weight excluding hydrogens is 468 g/mol. The van der Waals surface area contributed by atoms with Gasteiger partial charge >= 0.3 is 0 Å². The van der Waals surface area contributed by atoms with Gasteiger partial charge in [-0.05, 0) is 72.7 Å². The third-order valence-corrected chi connectivity index (χ3v) is 8.04. The van der Waals surface area contributed by atoms with Gasteiger partial charge in [-0.1, -0.05) is 54.2 Å². The number of thioether (sulfide) groups is 1. The van der Waals surface area contributed by atoms with Gasteiger partial charge < -0.3 is 14.5 Å². The average Bonchev–Trinajstić information content (AvgIpc) is 2.92. The molecule has 5 nitrogen and oxygen atoms in total. The Morgan fingerprint density at radius 3 is 2.56 bits per heavy atom. The van der Waals surface area contributed by atoms with Gasteiger partial charge in [0, 0.05) is 30.6 Å². The van der Waals surface area contributed by atoms with E-state index in [1.54, 1.807) is 19.1 Å². The van der Waals surface area contributed by atoms with E-state index in [4.69, 9.17) is 4.74 Å². The second kappa shape index (κ2) is 10.6. The summed E-state index contributed by atoms with van der Waals surface area (Å²) in [6, 6.07) is 23.9. The number of carbonyl (C=O) groups is 2. The molecule has 184 valence electrons. The number of fused-ring (bicyclic) bond motifs is 1. The fourth-order valence-electron chi connectivity index (χ4n) is 4.88. The molecule has 3 aromatic carbocycles. The molecule has 2 amide bonds. The Kier molecular flexibility index (Phi) is 7.14. The monoisotopic (exact) mass is 498 g/mol. The van der Waals surface area contributed by atoms with Crippen molar-refractivity contribution in [1.82, 2.24) is 4.90 Å². The van der Waals surface area contributed by atoms with Crippen LogP contribution in [0.5, 0.6) is 5.75 Å². The van der Waals surface area contributed by atoms with Crippen LogP contribution in [0.4, 0.5) is 5.69 Å². The topological polar surface area (TPSA) is 49.9 Å². The number of ether oxygens (including phenoxy) is 1. The molecule has 0 atom stereocenters. The summed E-state index contributed by atoms with van der Waals surface area (Å²) in [5, 5.41) is 0. The molecule has 3 aromatic rings. The lowest BCUT2D eigenvalue weighted by molar-refractivity contribution is -0.114. The maximum absolute atomic E-state index is 13.3. The maximum atomic E-state index is 13.3. The molecule has 1 saturated heterocycles. The molecule has 0 aromatic heterocycles. The summed E-state index contributed by atoms with van der Waals surface area (Å²) >= 11 is 1.44. The van der Waals surface area contributed by atoms with Gasteiger partial charge in [0.25, 0.3) is 11.8 Å². The molecular formula is C30H30N2O3S. The lowest BCUT2D eigenvalue weighted by atomic mass is 9.90. The highest BCUT2D eigenvalue weighted by atomic mass is 32.2. The number of likely N-dealkylation sites (N-methyl/N-ethyl adjacent to an activating group) is 1. The van der Waals surface area contributed by atoms with Crippen LogP contribution in [-0.4, -0.2) is 44.0 Å². The number of anilines is 1. The minimum absolute atomic E-state index is 0.0412. The first-order valence-electron chi connectivity index (χ1n) is 12.3. The van der Waals surface area contributed by atoms with Crippen LogP contribution in [0.2, 0.25) is 0 Å². The standard InChI is InChI=1S/C30H30N2O3S/c1-31-26-20-24(29(33)32-15-13-22(14-16-32)17-21-7-4-3-5-8-21)11-12-27(26)36-28(30(31)34)19-23-9-6-10-25(18-23)35-2/h3-12,18-20,22H,13-17H2,1-2H3/b28-19-. The van der Waals surface area contributed by atoms with Gasteiger partial charge in [0.15, 0.2) is 0 Å². The predicted octanol–water partition coefficient (Wildman–Crippen LogP) is 5.90. The van der Waals surface area contributed by atoms with E-state index in [9.17, 15) is 9.59 Å². The zero-order valence-electron chi connectivity index (χ0n) is 20.6. The van der Waals surface area contributed by atoms with Crippen molar-refractivity contribution >= 4 is 35.3 Å². The fourth-order valence-corrected chi connectivity index (χ4v) is 5.97. The number of carbonyl (C=O) groups excluding carboxylic acids is 2. The molecule has 0 unspecified atom stereocenters. The van der Waals surface area contributed by atoms with Crippen molar-refractivity contribution in [3.8, 4) is 5.75 Å². The quantitative estimate of drug-likeness (QED) is 0.411. The van der Waals surface area contributed by atoms with E-state index in [1.807, 2.05) is 59.5 Å². The van der Waals surface area contributed by atoms with Crippen LogP contribution in [0.25, 0.3) is 6.08 Å². The van der Waals surface area contributed by atoms with E-state index in [0.717, 1.165) is 54.2 Å². The van der Waals surface area contributed by atoms with Crippen LogP contribution in [0, 0.1) is 5.92 Å².